The number of ether oxygens (including phenoxy) is 1. The highest BCUT2D eigenvalue weighted by Crippen LogP contribution is 2.20. The van der Waals surface area contributed by atoms with Gasteiger partial charge in [-0.2, -0.15) is 0 Å². The van der Waals surface area contributed by atoms with Gasteiger partial charge in [0.1, 0.15) is 5.82 Å². The highest BCUT2D eigenvalue weighted by molar-refractivity contribution is 5.21. The highest BCUT2D eigenvalue weighted by atomic mass is 19.1. The minimum atomic E-state index is -0.203. The van der Waals surface area contributed by atoms with E-state index in [1.54, 1.807) is 12.1 Å². The number of rotatable bonds is 7. The molecule has 1 aromatic rings. The first-order chi connectivity index (χ1) is 8.20. The van der Waals surface area contributed by atoms with Crippen molar-refractivity contribution >= 4 is 0 Å². The number of halogens is 1. The number of nitrogens with two attached hydrogens (primary N) is 1. The third-order valence-electron chi connectivity index (χ3n) is 2.81. The van der Waals surface area contributed by atoms with Crippen LogP contribution in [0.5, 0.6) is 0 Å². The van der Waals surface area contributed by atoms with Gasteiger partial charge in [0.25, 0.3) is 0 Å². The average Bonchev–Trinajstić information content (AvgIpc) is 2.33. The predicted molar refractivity (Wildman–Crippen MR) is 67.3 cm³/mol. The van der Waals surface area contributed by atoms with Gasteiger partial charge < -0.3 is 10.5 Å². The molecule has 0 aromatic heterocycles. The first-order valence-corrected chi connectivity index (χ1v) is 5.93. The Morgan fingerprint density at radius 3 is 2.71 bits per heavy atom. The standard InChI is InChI=1S/C13H21FN2O/c1-3-17-9-8-16(2)13(10-15)11-6-4-5-7-12(11)14/h4-7,13H,3,8-10,15H2,1-2H3. The summed E-state index contributed by atoms with van der Waals surface area (Å²) >= 11 is 0. The van der Waals surface area contributed by atoms with E-state index in [9.17, 15) is 4.39 Å². The van der Waals surface area contributed by atoms with E-state index in [2.05, 4.69) is 0 Å². The Morgan fingerprint density at radius 2 is 2.12 bits per heavy atom. The molecule has 2 N–H and O–H groups in total. The van der Waals surface area contributed by atoms with Gasteiger partial charge in [-0.05, 0) is 20.0 Å². The molecule has 0 saturated heterocycles. The summed E-state index contributed by atoms with van der Waals surface area (Å²) < 4.78 is 19.0. The fourth-order valence-electron chi connectivity index (χ4n) is 1.80. The number of hydrogen-bond donors (Lipinski definition) is 1. The lowest BCUT2D eigenvalue weighted by Gasteiger charge is -2.27. The van der Waals surface area contributed by atoms with Gasteiger partial charge in [0.15, 0.2) is 0 Å². The monoisotopic (exact) mass is 240 g/mol. The van der Waals surface area contributed by atoms with Crippen LogP contribution >= 0.6 is 0 Å². The van der Waals surface area contributed by atoms with Crippen LogP contribution in [0, 0.1) is 5.82 Å². The van der Waals surface area contributed by atoms with Gasteiger partial charge in [-0.3, -0.25) is 4.90 Å². The van der Waals surface area contributed by atoms with Gasteiger partial charge in [-0.15, -0.1) is 0 Å². The summed E-state index contributed by atoms with van der Waals surface area (Å²) in [6.45, 7) is 4.42. The van der Waals surface area contributed by atoms with Crippen molar-refractivity contribution in [3.63, 3.8) is 0 Å². The van der Waals surface area contributed by atoms with Gasteiger partial charge in [0.2, 0.25) is 0 Å². The summed E-state index contributed by atoms with van der Waals surface area (Å²) in [6.07, 6.45) is 0. The van der Waals surface area contributed by atoms with Crippen molar-refractivity contribution < 1.29 is 9.13 Å². The molecule has 0 radical (unpaired) electrons. The molecule has 0 aliphatic carbocycles. The van der Waals surface area contributed by atoms with Crippen LogP contribution < -0.4 is 5.73 Å². The molecular weight excluding hydrogens is 219 g/mol. The SMILES string of the molecule is CCOCCN(C)C(CN)c1ccccc1F. The second-order valence-electron chi connectivity index (χ2n) is 3.95. The summed E-state index contributed by atoms with van der Waals surface area (Å²) in [4.78, 5) is 2.02. The van der Waals surface area contributed by atoms with Gasteiger partial charge in [0, 0.05) is 31.3 Å². The quantitative estimate of drug-likeness (QED) is 0.738. The molecule has 0 amide bonds. The maximum atomic E-state index is 13.7. The van der Waals surface area contributed by atoms with E-state index in [-0.39, 0.29) is 11.9 Å². The molecule has 0 bridgehead atoms. The summed E-state index contributed by atoms with van der Waals surface area (Å²) in [5.41, 5.74) is 6.38. The van der Waals surface area contributed by atoms with Crippen molar-refractivity contribution in [3.05, 3.63) is 35.6 Å². The average molecular weight is 240 g/mol. The molecule has 17 heavy (non-hydrogen) atoms. The Balaban J connectivity index is 2.67. The summed E-state index contributed by atoms with van der Waals surface area (Å²) in [5.74, 6) is -0.203. The molecule has 0 heterocycles. The minimum absolute atomic E-state index is 0.100. The Kier molecular flexibility index (Phi) is 6.11. The smallest absolute Gasteiger partial charge is 0.128 e. The third-order valence-corrected chi connectivity index (χ3v) is 2.81. The van der Waals surface area contributed by atoms with E-state index in [4.69, 9.17) is 10.5 Å². The Hall–Kier alpha value is -0.970. The lowest BCUT2D eigenvalue weighted by Crippen LogP contribution is -2.33. The molecule has 1 unspecified atom stereocenters. The van der Waals surface area contributed by atoms with Crippen molar-refractivity contribution in [1.29, 1.82) is 0 Å². The van der Waals surface area contributed by atoms with Crippen LogP contribution in [-0.4, -0.2) is 38.3 Å². The van der Waals surface area contributed by atoms with E-state index < -0.39 is 0 Å². The zero-order valence-electron chi connectivity index (χ0n) is 10.5. The van der Waals surface area contributed by atoms with Crippen molar-refractivity contribution in [3.8, 4) is 0 Å². The number of nitrogens with zero attached hydrogens (tertiary/aromatic N) is 1. The second-order valence-corrected chi connectivity index (χ2v) is 3.95. The normalized spacial score (nSPS) is 13.0. The van der Waals surface area contributed by atoms with E-state index in [0.29, 0.717) is 25.3 Å². The molecule has 0 spiro atoms. The topological polar surface area (TPSA) is 38.5 Å². The van der Waals surface area contributed by atoms with Crippen LogP contribution in [0.3, 0.4) is 0 Å². The van der Waals surface area contributed by atoms with Gasteiger partial charge in [0.05, 0.1) is 6.61 Å². The first kappa shape index (κ1) is 14.1. The van der Waals surface area contributed by atoms with Gasteiger partial charge >= 0.3 is 0 Å². The van der Waals surface area contributed by atoms with Crippen LogP contribution in [0.2, 0.25) is 0 Å². The fourth-order valence-corrected chi connectivity index (χ4v) is 1.80. The molecule has 3 nitrogen and oxygen atoms in total. The second kappa shape index (κ2) is 7.37. The maximum Gasteiger partial charge on any atom is 0.128 e. The van der Waals surface area contributed by atoms with Crippen LogP contribution in [-0.2, 0) is 4.74 Å². The number of likely N-dealkylation sites (N-methyl/N-ethyl adjacent to an activating group) is 1. The summed E-state index contributed by atoms with van der Waals surface area (Å²) in [5, 5.41) is 0. The Morgan fingerprint density at radius 1 is 1.41 bits per heavy atom. The molecule has 0 fully saturated rings. The van der Waals surface area contributed by atoms with E-state index in [0.717, 1.165) is 6.54 Å². The van der Waals surface area contributed by atoms with Crippen molar-refractivity contribution in [2.75, 3.05) is 33.4 Å². The van der Waals surface area contributed by atoms with Crippen molar-refractivity contribution in [2.24, 2.45) is 5.73 Å². The maximum absolute atomic E-state index is 13.7. The Bertz CT molecular complexity index is 333. The number of benzene rings is 1. The van der Waals surface area contributed by atoms with Gasteiger partial charge in [-0.25, -0.2) is 4.39 Å². The van der Waals surface area contributed by atoms with E-state index >= 15 is 0 Å². The van der Waals surface area contributed by atoms with E-state index in [1.165, 1.54) is 6.07 Å². The molecular formula is C13H21FN2O. The molecule has 1 aromatic carbocycles. The van der Waals surface area contributed by atoms with Crippen molar-refractivity contribution in [1.82, 2.24) is 4.90 Å². The zero-order chi connectivity index (χ0) is 12.7. The lowest BCUT2D eigenvalue weighted by atomic mass is 10.1. The molecule has 0 saturated carbocycles. The molecule has 96 valence electrons. The van der Waals surface area contributed by atoms with Crippen molar-refractivity contribution in [2.45, 2.75) is 13.0 Å². The minimum Gasteiger partial charge on any atom is -0.380 e. The highest BCUT2D eigenvalue weighted by Gasteiger charge is 2.18. The van der Waals surface area contributed by atoms with Crippen LogP contribution in [0.15, 0.2) is 24.3 Å². The zero-order valence-corrected chi connectivity index (χ0v) is 10.5. The van der Waals surface area contributed by atoms with E-state index in [1.807, 2.05) is 24.9 Å². The molecule has 1 atom stereocenters. The molecule has 1 rings (SSSR count). The van der Waals surface area contributed by atoms with Gasteiger partial charge in [-0.1, -0.05) is 18.2 Å². The van der Waals surface area contributed by atoms with Crippen LogP contribution in [0.25, 0.3) is 0 Å². The molecule has 0 aliphatic heterocycles. The molecule has 4 heteroatoms. The largest absolute Gasteiger partial charge is 0.380 e. The predicted octanol–water partition coefficient (Wildman–Crippen LogP) is 1.79. The fraction of sp³-hybridized carbons (Fsp3) is 0.538. The first-order valence-electron chi connectivity index (χ1n) is 5.93. The van der Waals surface area contributed by atoms with Crippen LogP contribution in [0.1, 0.15) is 18.5 Å². The molecule has 0 aliphatic rings. The third kappa shape index (κ3) is 4.07. The lowest BCUT2D eigenvalue weighted by molar-refractivity contribution is 0.108. The summed E-state index contributed by atoms with van der Waals surface area (Å²) in [6, 6.07) is 6.67. The number of hydrogen-bond acceptors (Lipinski definition) is 3. The summed E-state index contributed by atoms with van der Waals surface area (Å²) in [7, 11) is 1.93. The Labute approximate surface area is 102 Å². The van der Waals surface area contributed by atoms with Crippen LogP contribution in [0.4, 0.5) is 4.39 Å².